The van der Waals surface area contributed by atoms with Gasteiger partial charge in [0, 0.05) is 59.4 Å². The maximum atomic E-state index is 12.0. The Hall–Kier alpha value is -2.52. The predicted molar refractivity (Wildman–Crippen MR) is 103 cm³/mol. The van der Waals surface area contributed by atoms with Gasteiger partial charge >= 0.3 is 11.9 Å². The lowest BCUT2D eigenvalue weighted by Gasteiger charge is -2.31. The van der Waals surface area contributed by atoms with Gasteiger partial charge in [0.2, 0.25) is 5.91 Å². The number of aromatic nitrogens is 1. The van der Waals surface area contributed by atoms with E-state index in [2.05, 4.69) is 10.3 Å². The number of carbonyl (C=O) groups is 3. The van der Waals surface area contributed by atoms with Crippen molar-refractivity contribution >= 4 is 46.2 Å². The molecule has 1 saturated heterocycles. The highest BCUT2D eigenvalue weighted by atomic mass is 32.2. The summed E-state index contributed by atoms with van der Waals surface area (Å²) in [5.41, 5.74) is 1.95. The molecule has 144 valence electrons. The fourth-order valence-electron chi connectivity index (χ4n) is 3.21. The molecule has 27 heavy (non-hydrogen) atoms. The average molecular weight is 391 g/mol. The van der Waals surface area contributed by atoms with Gasteiger partial charge in [0.05, 0.1) is 6.42 Å². The van der Waals surface area contributed by atoms with Crippen LogP contribution >= 0.6 is 11.8 Å². The second-order valence-electron chi connectivity index (χ2n) is 6.34. The van der Waals surface area contributed by atoms with Crippen LogP contribution in [-0.4, -0.2) is 62.5 Å². The Labute approximate surface area is 159 Å². The van der Waals surface area contributed by atoms with Crippen LogP contribution in [0, 0.1) is 0 Å². The molecule has 1 atom stereocenters. The lowest BCUT2D eigenvalue weighted by molar-refractivity contribution is -0.143. The largest absolute Gasteiger partial charge is 0.481 e. The van der Waals surface area contributed by atoms with Crippen LogP contribution in [0.2, 0.25) is 0 Å². The minimum atomic E-state index is -1.03. The van der Waals surface area contributed by atoms with E-state index in [9.17, 15) is 19.5 Å². The lowest BCUT2D eigenvalue weighted by Crippen LogP contribution is -2.39. The van der Waals surface area contributed by atoms with E-state index in [0.29, 0.717) is 24.3 Å². The number of nitrogens with zero attached hydrogens (tertiary/aromatic N) is 1. The van der Waals surface area contributed by atoms with Crippen LogP contribution in [0.3, 0.4) is 0 Å². The van der Waals surface area contributed by atoms with E-state index in [-0.39, 0.29) is 12.8 Å². The lowest BCUT2D eigenvalue weighted by atomic mass is 10.0. The van der Waals surface area contributed by atoms with E-state index >= 15 is 0 Å². The fourth-order valence-corrected chi connectivity index (χ4v) is 4.14. The summed E-state index contributed by atoms with van der Waals surface area (Å²) in [5, 5.41) is 21.9. The number of anilines is 1. The fraction of sp³-hybridized carbons (Fsp3) is 0.389. The molecule has 3 rings (SSSR count). The molecule has 1 aliphatic rings. The first-order valence-electron chi connectivity index (χ1n) is 8.63. The Kier molecular flexibility index (Phi) is 6.02. The van der Waals surface area contributed by atoms with Crippen molar-refractivity contribution in [2.45, 2.75) is 18.9 Å². The SMILES string of the molecule is O=C(O)CCC(=O)Nc1ccc2[nH]cc([C@H](C(=O)O)N3CCSCC3)c2c1. The van der Waals surface area contributed by atoms with Gasteiger partial charge in [0.15, 0.2) is 0 Å². The molecule has 1 aromatic carbocycles. The highest BCUT2D eigenvalue weighted by Crippen LogP contribution is 2.32. The van der Waals surface area contributed by atoms with Crippen molar-refractivity contribution in [3.63, 3.8) is 0 Å². The molecule has 0 spiro atoms. The van der Waals surface area contributed by atoms with Gasteiger partial charge in [-0.2, -0.15) is 11.8 Å². The molecule has 0 bridgehead atoms. The molecule has 2 aromatic rings. The zero-order valence-electron chi connectivity index (χ0n) is 14.6. The van der Waals surface area contributed by atoms with E-state index in [0.717, 1.165) is 22.4 Å². The minimum Gasteiger partial charge on any atom is -0.481 e. The second-order valence-corrected chi connectivity index (χ2v) is 7.56. The number of carbonyl (C=O) groups excluding carboxylic acids is 1. The van der Waals surface area contributed by atoms with Crippen LogP contribution in [-0.2, 0) is 14.4 Å². The highest BCUT2D eigenvalue weighted by Gasteiger charge is 2.30. The summed E-state index contributed by atoms with van der Waals surface area (Å²) in [6, 6.07) is 4.46. The average Bonchev–Trinajstić information content (AvgIpc) is 3.04. The number of nitrogens with one attached hydrogen (secondary N) is 2. The summed E-state index contributed by atoms with van der Waals surface area (Å²) >= 11 is 1.81. The molecule has 8 nitrogen and oxygen atoms in total. The summed E-state index contributed by atoms with van der Waals surface area (Å²) < 4.78 is 0. The smallest absolute Gasteiger partial charge is 0.325 e. The summed E-state index contributed by atoms with van der Waals surface area (Å²) in [4.78, 5) is 39.5. The first-order chi connectivity index (χ1) is 13.0. The Morgan fingerprint density at radius 2 is 1.93 bits per heavy atom. The normalized spacial score (nSPS) is 16.1. The number of benzene rings is 1. The standard InChI is InChI=1S/C18H21N3O5S/c22-15(3-4-16(23)24)20-11-1-2-14-12(9-11)13(10-19-14)17(18(25)26)21-5-7-27-8-6-21/h1-2,9-10,17,19H,3-8H2,(H,20,22)(H,23,24)(H,25,26)/t17-/m1/s1. The first-order valence-corrected chi connectivity index (χ1v) is 9.78. The van der Waals surface area contributed by atoms with Crippen LogP contribution in [0.25, 0.3) is 10.9 Å². The molecule has 4 N–H and O–H groups in total. The van der Waals surface area contributed by atoms with Crippen molar-refractivity contribution in [3.8, 4) is 0 Å². The minimum absolute atomic E-state index is 0.115. The van der Waals surface area contributed by atoms with Gasteiger partial charge in [-0.1, -0.05) is 0 Å². The molecule has 1 aliphatic heterocycles. The number of H-pyrrole nitrogens is 1. The monoisotopic (exact) mass is 391 g/mol. The van der Waals surface area contributed by atoms with Crippen molar-refractivity contribution in [2.24, 2.45) is 0 Å². The summed E-state index contributed by atoms with van der Waals surface area (Å²) in [5.74, 6) is -0.526. The summed E-state index contributed by atoms with van der Waals surface area (Å²) in [7, 11) is 0. The number of hydrogen-bond acceptors (Lipinski definition) is 5. The van der Waals surface area contributed by atoms with Crippen LogP contribution in [0.15, 0.2) is 24.4 Å². The van der Waals surface area contributed by atoms with Crippen molar-refractivity contribution in [2.75, 3.05) is 29.9 Å². The quantitative estimate of drug-likeness (QED) is 0.570. The molecule has 0 saturated carbocycles. The van der Waals surface area contributed by atoms with E-state index in [1.807, 2.05) is 16.7 Å². The van der Waals surface area contributed by atoms with Crippen LogP contribution in [0.1, 0.15) is 24.4 Å². The number of aromatic amines is 1. The predicted octanol–water partition coefficient (Wildman–Crippen LogP) is 2.15. The maximum absolute atomic E-state index is 12.0. The van der Waals surface area contributed by atoms with Crippen LogP contribution in [0.5, 0.6) is 0 Å². The summed E-state index contributed by atoms with van der Waals surface area (Å²) in [6.07, 6.45) is 1.36. The van der Waals surface area contributed by atoms with Crippen LogP contribution in [0.4, 0.5) is 5.69 Å². The van der Waals surface area contributed by atoms with Crippen LogP contribution < -0.4 is 5.32 Å². The van der Waals surface area contributed by atoms with Gasteiger partial charge in [-0.25, -0.2) is 0 Å². The maximum Gasteiger partial charge on any atom is 0.325 e. The van der Waals surface area contributed by atoms with Crippen molar-refractivity contribution < 1.29 is 24.6 Å². The molecule has 1 aromatic heterocycles. The van der Waals surface area contributed by atoms with E-state index in [1.54, 1.807) is 24.4 Å². The number of aliphatic carboxylic acids is 2. The number of carboxylic acid groups (broad SMARTS) is 2. The molecule has 0 unspecified atom stereocenters. The zero-order chi connectivity index (χ0) is 19.4. The molecular formula is C18H21N3O5S. The van der Waals surface area contributed by atoms with Gasteiger partial charge in [0.25, 0.3) is 0 Å². The van der Waals surface area contributed by atoms with Crippen molar-refractivity contribution in [1.82, 2.24) is 9.88 Å². The molecule has 1 fully saturated rings. The number of hydrogen-bond donors (Lipinski definition) is 4. The number of rotatable bonds is 7. The number of amides is 1. The number of fused-ring (bicyclic) bond motifs is 1. The first kappa shape index (κ1) is 19.2. The Morgan fingerprint density at radius 1 is 1.19 bits per heavy atom. The third kappa shape index (κ3) is 4.61. The van der Waals surface area contributed by atoms with Crippen molar-refractivity contribution in [3.05, 3.63) is 30.0 Å². The zero-order valence-corrected chi connectivity index (χ0v) is 15.4. The van der Waals surface area contributed by atoms with E-state index < -0.39 is 23.9 Å². The van der Waals surface area contributed by atoms with Gasteiger partial charge < -0.3 is 20.5 Å². The van der Waals surface area contributed by atoms with E-state index in [4.69, 9.17) is 5.11 Å². The Bertz CT molecular complexity index is 860. The topological polar surface area (TPSA) is 123 Å². The molecular weight excluding hydrogens is 370 g/mol. The second kappa shape index (κ2) is 8.45. The Balaban J connectivity index is 1.86. The highest BCUT2D eigenvalue weighted by molar-refractivity contribution is 7.99. The third-order valence-corrected chi connectivity index (χ3v) is 5.45. The van der Waals surface area contributed by atoms with Crippen molar-refractivity contribution in [1.29, 1.82) is 0 Å². The summed E-state index contributed by atoms with van der Waals surface area (Å²) in [6.45, 7) is 1.42. The molecule has 0 aliphatic carbocycles. The molecule has 2 heterocycles. The number of thioether (sulfide) groups is 1. The third-order valence-electron chi connectivity index (χ3n) is 4.50. The molecule has 1 amide bonds. The van der Waals surface area contributed by atoms with Gasteiger partial charge in [-0.3, -0.25) is 19.3 Å². The van der Waals surface area contributed by atoms with E-state index in [1.165, 1.54) is 0 Å². The van der Waals surface area contributed by atoms with Gasteiger partial charge in [0.1, 0.15) is 6.04 Å². The van der Waals surface area contributed by atoms with Gasteiger partial charge in [-0.15, -0.1) is 0 Å². The number of carboxylic acids is 2. The molecule has 9 heteroatoms. The Morgan fingerprint density at radius 3 is 2.59 bits per heavy atom. The molecule has 0 radical (unpaired) electrons. The van der Waals surface area contributed by atoms with Gasteiger partial charge in [-0.05, 0) is 18.2 Å².